The van der Waals surface area contributed by atoms with Crippen molar-refractivity contribution in [1.29, 1.82) is 0 Å². The minimum absolute atomic E-state index is 0.959. The van der Waals surface area contributed by atoms with Gasteiger partial charge in [-0.15, -0.1) is 0 Å². The molecule has 0 radical (unpaired) electrons. The predicted molar refractivity (Wildman–Crippen MR) is 93.2 cm³/mol. The number of anilines is 2. The molecule has 4 nitrogen and oxygen atoms in total. The van der Waals surface area contributed by atoms with Crippen LogP contribution in [0.5, 0.6) is 5.75 Å². The highest BCUT2D eigenvalue weighted by molar-refractivity contribution is 5.75. The molecule has 2 heterocycles. The molecule has 2 aliphatic rings. The van der Waals surface area contributed by atoms with Crippen molar-refractivity contribution in [2.75, 3.05) is 50.5 Å². The topological polar surface area (TPSA) is 36.5 Å². The number of nitrogens with one attached hydrogen (secondary N) is 2. The number of hydrogen-bond donors (Lipinski definition) is 2. The van der Waals surface area contributed by atoms with Crippen LogP contribution in [-0.4, -0.2) is 44.7 Å². The monoisotopic (exact) mass is 303 g/mol. The van der Waals surface area contributed by atoms with Gasteiger partial charge in [-0.25, -0.2) is 0 Å². The van der Waals surface area contributed by atoms with Gasteiger partial charge in [-0.3, -0.25) is 0 Å². The number of ether oxygens (including phenoxy) is 1. The molecule has 0 bridgehead atoms. The molecule has 122 valence electrons. The molecular weight excluding hydrogens is 274 g/mol. The molecule has 0 aromatic heterocycles. The Morgan fingerprint density at radius 1 is 1.18 bits per heavy atom. The van der Waals surface area contributed by atoms with Crippen LogP contribution in [0.4, 0.5) is 11.4 Å². The molecule has 1 aromatic carbocycles. The second-order valence-electron chi connectivity index (χ2n) is 6.42. The Kier molecular flexibility index (Phi) is 5.43. The van der Waals surface area contributed by atoms with Crippen LogP contribution in [0.25, 0.3) is 0 Å². The molecule has 0 spiro atoms. The van der Waals surface area contributed by atoms with Gasteiger partial charge in [0.1, 0.15) is 5.75 Å². The lowest BCUT2D eigenvalue weighted by molar-refractivity contribution is 0.228. The Hall–Kier alpha value is -1.42. The third-order valence-electron chi connectivity index (χ3n) is 4.77. The highest BCUT2D eigenvalue weighted by atomic mass is 16.5. The fraction of sp³-hybridized carbons (Fsp3) is 0.667. The third kappa shape index (κ3) is 3.86. The zero-order valence-electron chi connectivity index (χ0n) is 13.8. The normalized spacial score (nSPS) is 18.4. The van der Waals surface area contributed by atoms with E-state index in [9.17, 15) is 0 Å². The number of methoxy groups -OCH3 is 1. The van der Waals surface area contributed by atoms with E-state index >= 15 is 0 Å². The average Bonchev–Trinajstić information content (AvgIpc) is 2.59. The number of fused-ring (bicyclic) bond motifs is 1. The van der Waals surface area contributed by atoms with Gasteiger partial charge < -0.3 is 20.3 Å². The van der Waals surface area contributed by atoms with Gasteiger partial charge in [0.05, 0.1) is 18.5 Å². The smallest absolute Gasteiger partial charge is 0.121 e. The average molecular weight is 303 g/mol. The maximum absolute atomic E-state index is 5.45. The SMILES string of the molecule is COc1cc2c(c(NCCCN3CCCCC3)c1)NCCC2. The van der Waals surface area contributed by atoms with E-state index in [1.54, 1.807) is 7.11 Å². The van der Waals surface area contributed by atoms with E-state index in [0.717, 1.165) is 25.3 Å². The molecule has 2 aliphatic heterocycles. The molecule has 0 atom stereocenters. The summed E-state index contributed by atoms with van der Waals surface area (Å²) in [7, 11) is 1.75. The zero-order chi connectivity index (χ0) is 15.2. The number of likely N-dealkylation sites (tertiary alicyclic amines) is 1. The molecule has 0 unspecified atom stereocenters. The van der Waals surface area contributed by atoms with E-state index in [-0.39, 0.29) is 0 Å². The zero-order valence-corrected chi connectivity index (χ0v) is 13.8. The van der Waals surface area contributed by atoms with Gasteiger partial charge in [-0.05, 0) is 63.4 Å². The number of nitrogens with zero attached hydrogens (tertiary/aromatic N) is 1. The van der Waals surface area contributed by atoms with Crippen LogP contribution in [0.15, 0.2) is 12.1 Å². The fourth-order valence-corrected chi connectivity index (χ4v) is 3.54. The van der Waals surface area contributed by atoms with Crippen molar-refractivity contribution in [3.63, 3.8) is 0 Å². The van der Waals surface area contributed by atoms with Crippen LogP contribution >= 0.6 is 0 Å². The highest BCUT2D eigenvalue weighted by Gasteiger charge is 2.15. The highest BCUT2D eigenvalue weighted by Crippen LogP contribution is 2.34. The van der Waals surface area contributed by atoms with Crippen molar-refractivity contribution in [3.8, 4) is 5.75 Å². The van der Waals surface area contributed by atoms with Crippen molar-refractivity contribution >= 4 is 11.4 Å². The van der Waals surface area contributed by atoms with Crippen LogP contribution in [0.2, 0.25) is 0 Å². The molecule has 1 fully saturated rings. The summed E-state index contributed by atoms with van der Waals surface area (Å²) in [5, 5.41) is 7.16. The molecule has 3 rings (SSSR count). The van der Waals surface area contributed by atoms with E-state index in [2.05, 4.69) is 27.7 Å². The van der Waals surface area contributed by atoms with E-state index in [0.29, 0.717) is 0 Å². The lowest BCUT2D eigenvalue weighted by Crippen LogP contribution is -2.31. The predicted octanol–water partition coefficient (Wildman–Crippen LogP) is 3.34. The quantitative estimate of drug-likeness (QED) is 0.790. The van der Waals surface area contributed by atoms with Crippen molar-refractivity contribution < 1.29 is 4.74 Å². The van der Waals surface area contributed by atoms with E-state index in [1.165, 1.54) is 68.7 Å². The van der Waals surface area contributed by atoms with E-state index in [4.69, 9.17) is 4.74 Å². The first-order valence-electron chi connectivity index (χ1n) is 8.78. The molecule has 2 N–H and O–H groups in total. The van der Waals surface area contributed by atoms with Crippen molar-refractivity contribution in [3.05, 3.63) is 17.7 Å². The third-order valence-corrected chi connectivity index (χ3v) is 4.77. The van der Waals surface area contributed by atoms with Gasteiger partial charge in [0.2, 0.25) is 0 Å². The molecule has 22 heavy (non-hydrogen) atoms. The minimum atomic E-state index is 0.959. The Morgan fingerprint density at radius 2 is 2.05 bits per heavy atom. The molecule has 0 aliphatic carbocycles. The lowest BCUT2D eigenvalue weighted by atomic mass is 10.0. The maximum atomic E-state index is 5.45. The van der Waals surface area contributed by atoms with E-state index in [1.807, 2.05) is 0 Å². The van der Waals surface area contributed by atoms with Crippen LogP contribution in [0.3, 0.4) is 0 Å². The Labute approximate surface area is 134 Å². The first-order valence-corrected chi connectivity index (χ1v) is 8.78. The second kappa shape index (κ2) is 7.73. The summed E-state index contributed by atoms with van der Waals surface area (Å²) in [5.41, 5.74) is 3.86. The molecule has 1 aromatic rings. The van der Waals surface area contributed by atoms with Crippen LogP contribution in [-0.2, 0) is 6.42 Å². The van der Waals surface area contributed by atoms with Crippen molar-refractivity contribution in [2.24, 2.45) is 0 Å². The largest absolute Gasteiger partial charge is 0.497 e. The summed E-state index contributed by atoms with van der Waals surface area (Å²) < 4.78 is 5.45. The fourth-order valence-electron chi connectivity index (χ4n) is 3.54. The van der Waals surface area contributed by atoms with Gasteiger partial charge in [-0.2, -0.15) is 0 Å². The van der Waals surface area contributed by atoms with Crippen LogP contribution < -0.4 is 15.4 Å². The standard InChI is InChI=1S/C18H29N3O/c1-22-16-13-15-7-5-8-20-18(15)17(14-16)19-9-6-12-21-10-3-2-4-11-21/h13-14,19-20H,2-12H2,1H3. The van der Waals surface area contributed by atoms with Crippen molar-refractivity contribution in [1.82, 2.24) is 4.90 Å². The van der Waals surface area contributed by atoms with Crippen LogP contribution in [0, 0.1) is 0 Å². The van der Waals surface area contributed by atoms with Gasteiger partial charge in [-0.1, -0.05) is 6.42 Å². The maximum Gasteiger partial charge on any atom is 0.121 e. The minimum Gasteiger partial charge on any atom is -0.497 e. The summed E-state index contributed by atoms with van der Waals surface area (Å²) in [6.07, 6.45) is 7.71. The van der Waals surface area contributed by atoms with E-state index < -0.39 is 0 Å². The number of hydrogen-bond acceptors (Lipinski definition) is 4. The van der Waals surface area contributed by atoms with Gasteiger partial charge in [0.25, 0.3) is 0 Å². The van der Waals surface area contributed by atoms with Crippen LogP contribution in [0.1, 0.15) is 37.7 Å². The first-order chi connectivity index (χ1) is 10.9. The molecule has 4 heteroatoms. The van der Waals surface area contributed by atoms with Gasteiger partial charge >= 0.3 is 0 Å². The first kappa shape index (κ1) is 15.5. The Balaban J connectivity index is 1.54. The molecule has 0 amide bonds. The lowest BCUT2D eigenvalue weighted by Gasteiger charge is -2.27. The molecular formula is C18H29N3O. The summed E-state index contributed by atoms with van der Waals surface area (Å²) in [4.78, 5) is 2.60. The molecule has 1 saturated heterocycles. The summed E-state index contributed by atoms with van der Waals surface area (Å²) in [6.45, 7) is 5.89. The molecule has 0 saturated carbocycles. The number of aryl methyl sites for hydroxylation is 1. The summed E-state index contributed by atoms with van der Waals surface area (Å²) in [5.74, 6) is 0.959. The van der Waals surface area contributed by atoms with Gasteiger partial charge in [0, 0.05) is 19.2 Å². The Morgan fingerprint density at radius 3 is 2.86 bits per heavy atom. The Bertz CT molecular complexity index is 483. The summed E-state index contributed by atoms with van der Waals surface area (Å²) >= 11 is 0. The number of rotatable bonds is 6. The number of benzene rings is 1. The second-order valence-corrected chi connectivity index (χ2v) is 6.42. The number of piperidine rings is 1. The van der Waals surface area contributed by atoms with Gasteiger partial charge in [0.15, 0.2) is 0 Å². The van der Waals surface area contributed by atoms with Crippen molar-refractivity contribution in [2.45, 2.75) is 38.5 Å². The summed E-state index contributed by atoms with van der Waals surface area (Å²) in [6, 6.07) is 4.29.